The lowest BCUT2D eigenvalue weighted by Crippen LogP contribution is -1.83. The highest BCUT2D eigenvalue weighted by atomic mass is 32.2. The fourth-order valence-corrected chi connectivity index (χ4v) is 0.888. The molecule has 8 heavy (non-hydrogen) atoms. The maximum absolute atomic E-state index is 4.11. The Labute approximate surface area is 53.0 Å². The van der Waals surface area contributed by atoms with Crippen molar-refractivity contribution in [2.75, 3.05) is 6.26 Å². The van der Waals surface area contributed by atoms with Gasteiger partial charge in [0.2, 0.25) is 0 Å². The summed E-state index contributed by atoms with van der Waals surface area (Å²) in [7, 11) is 0. The minimum atomic E-state index is 1.07. The molecule has 1 aromatic heterocycles. The van der Waals surface area contributed by atoms with Crippen molar-refractivity contribution in [1.82, 2.24) is 9.19 Å². The Balaban J connectivity index is 2.84. The molecule has 0 bridgehead atoms. The standard InChI is InChI=1S/C5H8N2S/c1-5-3-4-7(6-5)8-2/h3-4H,1-2H3. The summed E-state index contributed by atoms with van der Waals surface area (Å²) in [5.41, 5.74) is 1.07. The molecule has 0 N–H and O–H groups in total. The molecule has 1 aromatic rings. The van der Waals surface area contributed by atoms with E-state index in [1.54, 1.807) is 11.9 Å². The first-order valence-corrected chi connectivity index (χ1v) is 3.58. The third kappa shape index (κ3) is 1.04. The molecule has 1 heterocycles. The lowest BCUT2D eigenvalue weighted by Gasteiger charge is -1.87. The SMILES string of the molecule is CSn1ccc(C)n1. The molecule has 0 saturated carbocycles. The van der Waals surface area contributed by atoms with Crippen molar-refractivity contribution in [3.63, 3.8) is 0 Å². The van der Waals surface area contributed by atoms with Crippen molar-refractivity contribution in [2.24, 2.45) is 0 Å². The monoisotopic (exact) mass is 128 g/mol. The van der Waals surface area contributed by atoms with Gasteiger partial charge in [0.25, 0.3) is 0 Å². The quantitative estimate of drug-likeness (QED) is 0.567. The molecule has 0 unspecified atom stereocenters. The van der Waals surface area contributed by atoms with Crippen LogP contribution in [-0.4, -0.2) is 15.4 Å². The van der Waals surface area contributed by atoms with Gasteiger partial charge in [-0.25, -0.2) is 4.09 Å². The van der Waals surface area contributed by atoms with Crippen molar-refractivity contribution in [1.29, 1.82) is 0 Å². The first-order chi connectivity index (χ1) is 3.83. The summed E-state index contributed by atoms with van der Waals surface area (Å²) in [4.78, 5) is 0. The number of hydrogen-bond acceptors (Lipinski definition) is 2. The minimum absolute atomic E-state index is 1.07. The van der Waals surface area contributed by atoms with Crippen LogP contribution < -0.4 is 0 Å². The summed E-state index contributed by atoms with van der Waals surface area (Å²) in [5.74, 6) is 0. The Morgan fingerprint density at radius 1 is 1.75 bits per heavy atom. The summed E-state index contributed by atoms with van der Waals surface area (Å²) in [6.07, 6.45) is 3.94. The molecular weight excluding hydrogens is 120 g/mol. The fraction of sp³-hybridized carbons (Fsp3) is 0.400. The van der Waals surface area contributed by atoms with Crippen LogP contribution in [0.5, 0.6) is 0 Å². The summed E-state index contributed by atoms with van der Waals surface area (Å²) < 4.78 is 1.83. The van der Waals surface area contributed by atoms with Gasteiger partial charge in [0, 0.05) is 12.5 Å². The van der Waals surface area contributed by atoms with Gasteiger partial charge in [-0.05, 0) is 24.9 Å². The molecule has 0 aliphatic carbocycles. The van der Waals surface area contributed by atoms with Gasteiger partial charge in [-0.1, -0.05) is 0 Å². The van der Waals surface area contributed by atoms with E-state index in [-0.39, 0.29) is 0 Å². The van der Waals surface area contributed by atoms with Crippen LogP contribution in [0.4, 0.5) is 0 Å². The lowest BCUT2D eigenvalue weighted by molar-refractivity contribution is 0.981. The summed E-state index contributed by atoms with van der Waals surface area (Å²) in [6, 6.07) is 1.98. The zero-order valence-corrected chi connectivity index (χ0v) is 5.77. The van der Waals surface area contributed by atoms with Gasteiger partial charge >= 0.3 is 0 Å². The molecule has 0 saturated heterocycles. The van der Waals surface area contributed by atoms with Crippen molar-refractivity contribution >= 4 is 11.9 Å². The van der Waals surface area contributed by atoms with E-state index in [1.165, 1.54) is 0 Å². The van der Waals surface area contributed by atoms with Crippen LogP contribution in [0, 0.1) is 6.92 Å². The Bertz CT molecular complexity index is 171. The second kappa shape index (κ2) is 2.22. The average molecular weight is 128 g/mol. The molecule has 0 spiro atoms. The first kappa shape index (κ1) is 5.69. The Kier molecular flexibility index (Phi) is 1.58. The highest BCUT2D eigenvalue weighted by molar-refractivity contribution is 7.97. The molecular formula is C5H8N2S. The third-order valence-electron chi connectivity index (χ3n) is 0.887. The maximum Gasteiger partial charge on any atom is 0.0604 e. The van der Waals surface area contributed by atoms with Crippen LogP contribution in [-0.2, 0) is 0 Å². The van der Waals surface area contributed by atoms with Gasteiger partial charge in [-0.2, -0.15) is 5.10 Å². The van der Waals surface area contributed by atoms with Gasteiger partial charge < -0.3 is 0 Å². The molecule has 0 aromatic carbocycles. The normalized spacial score (nSPS) is 9.75. The molecule has 0 fully saturated rings. The van der Waals surface area contributed by atoms with Crippen LogP contribution in [0.25, 0.3) is 0 Å². The van der Waals surface area contributed by atoms with Crippen molar-refractivity contribution in [3.05, 3.63) is 18.0 Å². The molecule has 0 amide bonds. The summed E-state index contributed by atoms with van der Waals surface area (Å²) >= 11 is 1.60. The van der Waals surface area contributed by atoms with E-state index < -0.39 is 0 Å². The van der Waals surface area contributed by atoms with E-state index in [9.17, 15) is 0 Å². The van der Waals surface area contributed by atoms with Crippen molar-refractivity contribution < 1.29 is 0 Å². The lowest BCUT2D eigenvalue weighted by atomic mass is 10.5. The molecule has 2 nitrogen and oxygen atoms in total. The summed E-state index contributed by atoms with van der Waals surface area (Å²) in [5, 5.41) is 4.11. The van der Waals surface area contributed by atoms with Crippen LogP contribution in [0.2, 0.25) is 0 Å². The minimum Gasteiger partial charge on any atom is -0.214 e. The predicted octanol–water partition coefficient (Wildman–Crippen LogP) is 1.32. The Morgan fingerprint density at radius 3 is 2.75 bits per heavy atom. The van der Waals surface area contributed by atoms with E-state index in [0.717, 1.165) is 5.69 Å². The van der Waals surface area contributed by atoms with Crippen LogP contribution >= 0.6 is 11.9 Å². The van der Waals surface area contributed by atoms with E-state index in [4.69, 9.17) is 0 Å². The van der Waals surface area contributed by atoms with Crippen molar-refractivity contribution in [2.45, 2.75) is 6.92 Å². The second-order valence-corrected chi connectivity index (χ2v) is 2.28. The fourth-order valence-electron chi connectivity index (χ4n) is 0.495. The highest BCUT2D eigenvalue weighted by Gasteiger charge is 1.87. The molecule has 3 heteroatoms. The smallest absolute Gasteiger partial charge is 0.0604 e. The van der Waals surface area contributed by atoms with Crippen LogP contribution in [0.15, 0.2) is 12.3 Å². The molecule has 44 valence electrons. The van der Waals surface area contributed by atoms with Crippen LogP contribution in [0.1, 0.15) is 5.69 Å². The van der Waals surface area contributed by atoms with E-state index in [0.29, 0.717) is 0 Å². The number of hydrogen-bond donors (Lipinski definition) is 0. The van der Waals surface area contributed by atoms with Gasteiger partial charge in [0.15, 0.2) is 0 Å². The zero-order valence-electron chi connectivity index (χ0n) is 4.96. The number of rotatable bonds is 1. The third-order valence-corrected chi connectivity index (χ3v) is 1.46. The Morgan fingerprint density at radius 2 is 2.50 bits per heavy atom. The Hall–Kier alpha value is -0.440. The van der Waals surface area contributed by atoms with Crippen molar-refractivity contribution in [3.8, 4) is 0 Å². The number of aryl methyl sites for hydroxylation is 1. The maximum atomic E-state index is 4.11. The van der Waals surface area contributed by atoms with E-state index in [1.807, 2.05) is 29.5 Å². The molecule has 0 aliphatic rings. The van der Waals surface area contributed by atoms with Gasteiger partial charge in [-0.3, -0.25) is 0 Å². The topological polar surface area (TPSA) is 17.8 Å². The second-order valence-electron chi connectivity index (χ2n) is 1.54. The predicted molar refractivity (Wildman–Crippen MR) is 35.9 cm³/mol. The largest absolute Gasteiger partial charge is 0.214 e. The van der Waals surface area contributed by atoms with Gasteiger partial charge in [-0.15, -0.1) is 0 Å². The molecule has 1 rings (SSSR count). The van der Waals surface area contributed by atoms with Gasteiger partial charge in [0.1, 0.15) is 0 Å². The summed E-state index contributed by atoms with van der Waals surface area (Å²) in [6.45, 7) is 1.98. The molecule has 0 aliphatic heterocycles. The number of aromatic nitrogens is 2. The highest BCUT2D eigenvalue weighted by Crippen LogP contribution is 1.99. The zero-order chi connectivity index (χ0) is 5.98. The van der Waals surface area contributed by atoms with Gasteiger partial charge in [0.05, 0.1) is 5.69 Å². The first-order valence-electron chi connectivity index (χ1n) is 2.39. The molecule has 0 radical (unpaired) electrons. The van der Waals surface area contributed by atoms with E-state index >= 15 is 0 Å². The van der Waals surface area contributed by atoms with Crippen LogP contribution in [0.3, 0.4) is 0 Å². The molecule has 0 atom stereocenters. The van der Waals surface area contributed by atoms with E-state index in [2.05, 4.69) is 5.10 Å². The number of nitrogens with zero attached hydrogens (tertiary/aromatic N) is 2. The average Bonchev–Trinajstić information content (AvgIpc) is 2.14.